The van der Waals surface area contributed by atoms with Crippen LogP contribution < -0.4 is 5.56 Å². The molecule has 0 radical (unpaired) electrons. The average molecular weight is 344 g/mol. The van der Waals surface area contributed by atoms with Gasteiger partial charge in [-0.15, -0.1) is 0 Å². The molecular weight excluding hydrogens is 323 g/mol. The maximum Gasteiger partial charge on any atom is 0.261 e. The molecule has 0 unspecified atom stereocenters. The summed E-state index contributed by atoms with van der Waals surface area (Å²) in [6.45, 7) is 2.30. The molecule has 1 aromatic carbocycles. The Labute approximate surface area is 145 Å². The van der Waals surface area contributed by atoms with Crippen molar-refractivity contribution in [1.82, 2.24) is 9.88 Å². The van der Waals surface area contributed by atoms with Crippen molar-refractivity contribution in [1.29, 1.82) is 0 Å². The van der Waals surface area contributed by atoms with E-state index in [4.69, 9.17) is 0 Å². The summed E-state index contributed by atoms with van der Waals surface area (Å²) >= 11 is 0. The van der Waals surface area contributed by atoms with Crippen LogP contribution in [0.1, 0.15) is 46.9 Å². The number of pyridine rings is 1. The van der Waals surface area contributed by atoms with Crippen LogP contribution in [0.15, 0.2) is 41.3 Å². The number of aromatic nitrogens is 1. The minimum Gasteiger partial charge on any atom is -0.388 e. The van der Waals surface area contributed by atoms with E-state index in [-0.39, 0.29) is 23.3 Å². The van der Waals surface area contributed by atoms with Gasteiger partial charge < -0.3 is 15.0 Å². The molecule has 1 aromatic heterocycles. The molecule has 0 bridgehead atoms. The number of nitrogens with one attached hydrogen (secondary N) is 1. The fourth-order valence-corrected chi connectivity index (χ4v) is 3.41. The molecule has 2 N–H and O–H groups in total. The normalized spacial score (nSPS) is 18.4. The third-order valence-corrected chi connectivity index (χ3v) is 4.77. The fraction of sp³-hybridized carbons (Fsp3) is 0.368. The molecule has 1 aliphatic rings. The van der Waals surface area contributed by atoms with E-state index >= 15 is 0 Å². The summed E-state index contributed by atoms with van der Waals surface area (Å²) in [6.07, 6.45) is 2.70. The Hall–Kier alpha value is -2.47. The number of aliphatic hydroxyl groups excluding tert-OH is 1. The lowest BCUT2D eigenvalue weighted by molar-refractivity contribution is 0.0664. The zero-order chi connectivity index (χ0) is 18.0. The van der Waals surface area contributed by atoms with Gasteiger partial charge in [-0.2, -0.15) is 0 Å². The lowest BCUT2D eigenvalue weighted by atomic mass is 10.00. The number of hydrogen-bond acceptors (Lipinski definition) is 3. The first-order valence-corrected chi connectivity index (χ1v) is 8.40. The van der Waals surface area contributed by atoms with E-state index < -0.39 is 11.7 Å². The monoisotopic (exact) mass is 344 g/mol. The fourth-order valence-electron chi connectivity index (χ4n) is 3.41. The molecule has 0 saturated carbocycles. The molecule has 2 heterocycles. The predicted octanol–water partition coefficient (Wildman–Crippen LogP) is 2.55. The first kappa shape index (κ1) is 17.4. The second-order valence-corrected chi connectivity index (χ2v) is 6.46. The predicted molar refractivity (Wildman–Crippen MR) is 91.8 cm³/mol. The van der Waals surface area contributed by atoms with Crippen molar-refractivity contribution in [2.24, 2.45) is 0 Å². The Morgan fingerprint density at radius 1 is 1.36 bits per heavy atom. The molecule has 25 heavy (non-hydrogen) atoms. The van der Waals surface area contributed by atoms with Crippen molar-refractivity contribution in [3.8, 4) is 0 Å². The van der Waals surface area contributed by atoms with Crippen LogP contribution >= 0.6 is 0 Å². The molecule has 5 nitrogen and oxygen atoms in total. The van der Waals surface area contributed by atoms with E-state index in [1.807, 2.05) is 0 Å². The standard InChI is InChI=1S/C19H21FN2O3/c1-12-8-9-21-18(24)17(12)19(25)22-10-2-3-15(22)11-16(23)13-4-6-14(20)7-5-13/h4-9,15-16,23H,2-3,10-11H2,1H3,(H,21,24)/t15-,16+/m1/s1. The maximum atomic E-state index is 13.0. The Bertz CT molecular complexity index is 816. The number of halogens is 1. The summed E-state index contributed by atoms with van der Waals surface area (Å²) in [7, 11) is 0. The van der Waals surface area contributed by atoms with E-state index in [9.17, 15) is 19.1 Å². The summed E-state index contributed by atoms with van der Waals surface area (Å²) in [5.41, 5.74) is 1.02. The van der Waals surface area contributed by atoms with Crippen molar-refractivity contribution < 1.29 is 14.3 Å². The smallest absolute Gasteiger partial charge is 0.261 e. The van der Waals surface area contributed by atoms with Crippen LogP contribution in [0.25, 0.3) is 0 Å². The van der Waals surface area contributed by atoms with E-state index in [1.165, 1.54) is 18.3 Å². The van der Waals surface area contributed by atoms with Crippen molar-refractivity contribution in [3.05, 3.63) is 69.4 Å². The highest BCUT2D eigenvalue weighted by Gasteiger charge is 2.32. The van der Waals surface area contributed by atoms with Gasteiger partial charge in [-0.05, 0) is 55.5 Å². The van der Waals surface area contributed by atoms with Gasteiger partial charge in [-0.25, -0.2) is 4.39 Å². The number of H-pyrrole nitrogens is 1. The number of carbonyl (C=O) groups excluding carboxylic acids is 1. The maximum absolute atomic E-state index is 13.0. The Kier molecular flexibility index (Phi) is 4.99. The number of aliphatic hydroxyl groups is 1. The largest absolute Gasteiger partial charge is 0.388 e. The highest BCUT2D eigenvalue weighted by atomic mass is 19.1. The number of benzene rings is 1. The molecular formula is C19H21FN2O3. The Morgan fingerprint density at radius 2 is 2.08 bits per heavy atom. The second kappa shape index (κ2) is 7.19. The van der Waals surface area contributed by atoms with Crippen molar-refractivity contribution >= 4 is 5.91 Å². The number of nitrogens with zero attached hydrogens (tertiary/aromatic N) is 1. The first-order valence-electron chi connectivity index (χ1n) is 8.40. The van der Waals surface area contributed by atoms with E-state index in [2.05, 4.69) is 4.98 Å². The molecule has 6 heteroatoms. The highest BCUT2D eigenvalue weighted by molar-refractivity contribution is 5.95. The van der Waals surface area contributed by atoms with Gasteiger partial charge in [-0.1, -0.05) is 12.1 Å². The molecule has 0 aliphatic carbocycles. The molecule has 0 spiro atoms. The van der Waals surface area contributed by atoms with E-state index in [1.54, 1.807) is 30.0 Å². The highest BCUT2D eigenvalue weighted by Crippen LogP contribution is 2.28. The summed E-state index contributed by atoms with van der Waals surface area (Å²) in [6, 6.07) is 7.27. The number of rotatable bonds is 4. The molecule has 2 aromatic rings. The van der Waals surface area contributed by atoms with Crippen molar-refractivity contribution in [3.63, 3.8) is 0 Å². The number of aryl methyl sites for hydroxylation is 1. The molecule has 1 amide bonds. The molecule has 2 atom stereocenters. The van der Waals surface area contributed by atoms with Gasteiger partial charge in [0.2, 0.25) is 0 Å². The van der Waals surface area contributed by atoms with Crippen LogP contribution in [-0.2, 0) is 0 Å². The Morgan fingerprint density at radius 3 is 2.76 bits per heavy atom. The van der Waals surface area contributed by atoms with Gasteiger partial charge >= 0.3 is 0 Å². The van der Waals surface area contributed by atoms with Crippen LogP contribution in [0.4, 0.5) is 4.39 Å². The number of hydrogen-bond donors (Lipinski definition) is 2. The minimum atomic E-state index is -0.783. The second-order valence-electron chi connectivity index (χ2n) is 6.46. The summed E-state index contributed by atoms with van der Waals surface area (Å²) in [4.78, 5) is 29.1. The SMILES string of the molecule is Cc1cc[nH]c(=O)c1C(=O)N1CCC[C@@H]1C[C@H](O)c1ccc(F)cc1. The van der Waals surface area contributed by atoms with Crippen molar-refractivity contribution in [2.45, 2.75) is 38.3 Å². The average Bonchev–Trinajstić information content (AvgIpc) is 3.03. The third-order valence-electron chi connectivity index (χ3n) is 4.77. The van der Waals surface area contributed by atoms with Crippen LogP contribution in [-0.4, -0.2) is 33.5 Å². The number of amides is 1. The Balaban J connectivity index is 1.77. The zero-order valence-corrected chi connectivity index (χ0v) is 14.0. The van der Waals surface area contributed by atoms with Crippen LogP contribution in [0.5, 0.6) is 0 Å². The van der Waals surface area contributed by atoms with Crippen LogP contribution in [0.3, 0.4) is 0 Å². The number of likely N-dealkylation sites (tertiary alicyclic amines) is 1. The molecule has 1 fully saturated rings. The number of carbonyl (C=O) groups is 1. The minimum absolute atomic E-state index is 0.147. The van der Waals surface area contributed by atoms with Gasteiger partial charge in [-0.3, -0.25) is 9.59 Å². The van der Waals surface area contributed by atoms with Gasteiger partial charge in [0.05, 0.1) is 6.10 Å². The summed E-state index contributed by atoms with van der Waals surface area (Å²) in [5, 5.41) is 10.4. The lowest BCUT2D eigenvalue weighted by Crippen LogP contribution is -2.39. The third kappa shape index (κ3) is 3.64. The first-order chi connectivity index (χ1) is 12.0. The van der Waals surface area contributed by atoms with Gasteiger partial charge in [0.15, 0.2) is 0 Å². The summed E-state index contributed by atoms with van der Waals surface area (Å²) in [5.74, 6) is -0.652. The quantitative estimate of drug-likeness (QED) is 0.895. The van der Waals surface area contributed by atoms with Gasteiger partial charge in [0.1, 0.15) is 11.4 Å². The lowest BCUT2D eigenvalue weighted by Gasteiger charge is -2.27. The van der Waals surface area contributed by atoms with Crippen LogP contribution in [0.2, 0.25) is 0 Å². The summed E-state index contributed by atoms with van der Waals surface area (Å²) < 4.78 is 13.0. The molecule has 132 valence electrons. The van der Waals surface area contributed by atoms with E-state index in [0.717, 1.165) is 12.8 Å². The van der Waals surface area contributed by atoms with Crippen LogP contribution in [0, 0.1) is 12.7 Å². The topological polar surface area (TPSA) is 73.4 Å². The van der Waals surface area contributed by atoms with Crippen molar-refractivity contribution in [2.75, 3.05) is 6.54 Å². The molecule has 3 rings (SSSR count). The van der Waals surface area contributed by atoms with Gasteiger partial charge in [0, 0.05) is 18.8 Å². The van der Waals surface area contributed by atoms with Gasteiger partial charge in [0.25, 0.3) is 11.5 Å². The molecule has 1 saturated heterocycles. The molecule has 1 aliphatic heterocycles. The zero-order valence-electron chi connectivity index (χ0n) is 14.0. The van der Waals surface area contributed by atoms with E-state index in [0.29, 0.717) is 24.1 Å². The number of aromatic amines is 1.